The summed E-state index contributed by atoms with van der Waals surface area (Å²) in [6, 6.07) is 15.8. The van der Waals surface area contributed by atoms with E-state index in [0.717, 1.165) is 23.3 Å². The van der Waals surface area contributed by atoms with Crippen molar-refractivity contribution in [3.8, 4) is 17.1 Å². The summed E-state index contributed by atoms with van der Waals surface area (Å²) in [6.45, 7) is 4.12. The Hall–Kier alpha value is -2.80. The van der Waals surface area contributed by atoms with Crippen LogP contribution in [0.3, 0.4) is 0 Å². The summed E-state index contributed by atoms with van der Waals surface area (Å²) in [4.78, 5) is 16.8. The fraction of sp³-hybridized carbons (Fsp3) is 0.286. The second kappa shape index (κ2) is 9.41. The lowest BCUT2D eigenvalue weighted by Gasteiger charge is -2.17. The number of methoxy groups -OCH3 is 1. The maximum atomic E-state index is 12.4. The van der Waals surface area contributed by atoms with Crippen LogP contribution in [-0.4, -0.2) is 34.0 Å². The molecule has 1 amide bonds. The Bertz CT molecular complexity index is 907. The number of benzene rings is 2. The smallest absolute Gasteiger partial charge is 0.230 e. The number of aromatic amines is 1. The monoisotopic (exact) mass is 396 g/mol. The molecule has 3 aromatic rings. The Balaban J connectivity index is 1.55. The van der Waals surface area contributed by atoms with Crippen LogP contribution >= 0.6 is 11.8 Å². The molecule has 0 aliphatic carbocycles. The minimum absolute atomic E-state index is 0.00991. The molecule has 0 fully saturated rings. The Morgan fingerprint density at radius 3 is 2.54 bits per heavy atom. The highest BCUT2D eigenvalue weighted by Crippen LogP contribution is 2.22. The number of carbonyl (C=O) groups is 1. The molecule has 0 spiro atoms. The van der Waals surface area contributed by atoms with Gasteiger partial charge in [-0.2, -0.15) is 0 Å². The van der Waals surface area contributed by atoms with Crippen LogP contribution in [0, 0.1) is 6.92 Å². The molecule has 3 rings (SSSR count). The molecule has 7 heteroatoms. The summed E-state index contributed by atoms with van der Waals surface area (Å²) < 4.78 is 5.16. The van der Waals surface area contributed by atoms with Crippen LogP contribution in [0.1, 0.15) is 30.5 Å². The van der Waals surface area contributed by atoms with Crippen molar-refractivity contribution in [1.82, 2.24) is 20.5 Å². The first-order chi connectivity index (χ1) is 13.6. The van der Waals surface area contributed by atoms with Crippen LogP contribution in [0.2, 0.25) is 0 Å². The number of amides is 1. The number of aromatic nitrogens is 3. The van der Waals surface area contributed by atoms with E-state index in [1.807, 2.05) is 24.3 Å². The van der Waals surface area contributed by atoms with E-state index in [2.05, 4.69) is 58.6 Å². The van der Waals surface area contributed by atoms with Gasteiger partial charge in [-0.15, -0.1) is 5.10 Å². The van der Waals surface area contributed by atoms with E-state index in [1.54, 1.807) is 7.11 Å². The van der Waals surface area contributed by atoms with Crippen LogP contribution in [0.4, 0.5) is 0 Å². The van der Waals surface area contributed by atoms with Gasteiger partial charge in [0.25, 0.3) is 0 Å². The summed E-state index contributed by atoms with van der Waals surface area (Å²) in [5.41, 5.74) is 3.24. The normalized spacial score (nSPS) is 11.8. The second-order valence-corrected chi connectivity index (χ2v) is 7.37. The molecule has 1 atom stereocenters. The highest BCUT2D eigenvalue weighted by Gasteiger charge is 2.14. The van der Waals surface area contributed by atoms with Crippen molar-refractivity contribution in [3.05, 3.63) is 59.7 Å². The molecular weight excluding hydrogens is 372 g/mol. The molecule has 6 nitrogen and oxygen atoms in total. The first-order valence-electron chi connectivity index (χ1n) is 9.14. The topological polar surface area (TPSA) is 79.9 Å². The minimum atomic E-state index is -0.0341. The summed E-state index contributed by atoms with van der Waals surface area (Å²) >= 11 is 1.31. The first kappa shape index (κ1) is 19.9. The van der Waals surface area contributed by atoms with Gasteiger partial charge in [0.05, 0.1) is 18.9 Å². The number of rotatable bonds is 8. The van der Waals surface area contributed by atoms with E-state index in [1.165, 1.54) is 17.3 Å². The largest absolute Gasteiger partial charge is 0.497 e. The van der Waals surface area contributed by atoms with Crippen molar-refractivity contribution < 1.29 is 9.53 Å². The standard InChI is InChI=1S/C21H24N4O2S/c1-4-18(15-7-5-14(2)6-8-15)22-19(26)13-28-21-23-20(24-25-21)16-9-11-17(27-3)12-10-16/h5-12,18H,4,13H2,1-3H3,(H,22,26)(H,23,24,25)/t18-/m0/s1. The lowest BCUT2D eigenvalue weighted by molar-refractivity contribution is -0.119. The van der Waals surface area contributed by atoms with Crippen LogP contribution < -0.4 is 10.1 Å². The SMILES string of the molecule is CC[C@H](NC(=O)CSc1n[nH]c(-c2ccc(OC)cc2)n1)c1ccc(C)cc1. The van der Waals surface area contributed by atoms with E-state index < -0.39 is 0 Å². The molecule has 1 heterocycles. The van der Waals surface area contributed by atoms with Crippen LogP contribution in [0.15, 0.2) is 53.7 Å². The van der Waals surface area contributed by atoms with E-state index in [-0.39, 0.29) is 17.7 Å². The van der Waals surface area contributed by atoms with Crippen LogP contribution in [0.25, 0.3) is 11.4 Å². The third-order valence-electron chi connectivity index (χ3n) is 4.38. The Labute approximate surface area is 169 Å². The number of carbonyl (C=O) groups excluding carboxylic acids is 1. The molecule has 2 N–H and O–H groups in total. The fourth-order valence-corrected chi connectivity index (χ4v) is 3.38. The van der Waals surface area contributed by atoms with Gasteiger partial charge in [0.2, 0.25) is 11.1 Å². The highest BCUT2D eigenvalue weighted by molar-refractivity contribution is 7.99. The van der Waals surface area contributed by atoms with Gasteiger partial charge in [-0.1, -0.05) is 48.5 Å². The summed E-state index contributed by atoms with van der Waals surface area (Å²) in [5, 5.41) is 10.7. The van der Waals surface area contributed by atoms with Gasteiger partial charge in [-0.25, -0.2) is 4.98 Å². The fourth-order valence-electron chi connectivity index (χ4n) is 2.77. The number of H-pyrrole nitrogens is 1. The third kappa shape index (κ3) is 5.13. The van der Waals surface area contributed by atoms with Crippen molar-refractivity contribution in [2.75, 3.05) is 12.9 Å². The van der Waals surface area contributed by atoms with Gasteiger partial charge in [0.15, 0.2) is 5.82 Å². The van der Waals surface area contributed by atoms with Gasteiger partial charge in [0, 0.05) is 5.56 Å². The quantitative estimate of drug-likeness (QED) is 0.559. The van der Waals surface area contributed by atoms with Crippen LogP contribution in [-0.2, 0) is 4.79 Å². The molecule has 0 saturated carbocycles. The summed E-state index contributed by atoms with van der Waals surface area (Å²) in [5.74, 6) is 1.68. The maximum Gasteiger partial charge on any atom is 0.230 e. The Morgan fingerprint density at radius 2 is 1.89 bits per heavy atom. The average molecular weight is 397 g/mol. The van der Waals surface area contributed by atoms with E-state index in [9.17, 15) is 4.79 Å². The third-order valence-corrected chi connectivity index (χ3v) is 5.23. The lowest BCUT2D eigenvalue weighted by Crippen LogP contribution is -2.29. The molecule has 0 radical (unpaired) electrons. The van der Waals surface area contributed by atoms with Crippen molar-refractivity contribution >= 4 is 17.7 Å². The number of hydrogen-bond acceptors (Lipinski definition) is 5. The molecule has 0 bridgehead atoms. The van der Waals surface area contributed by atoms with Crippen molar-refractivity contribution in [2.24, 2.45) is 0 Å². The van der Waals surface area contributed by atoms with Gasteiger partial charge in [-0.3, -0.25) is 9.89 Å². The zero-order valence-electron chi connectivity index (χ0n) is 16.2. The molecule has 28 heavy (non-hydrogen) atoms. The molecule has 0 aliphatic rings. The summed E-state index contributed by atoms with van der Waals surface area (Å²) in [7, 11) is 1.63. The first-order valence-corrected chi connectivity index (χ1v) is 10.1. The predicted octanol–water partition coefficient (Wildman–Crippen LogP) is 4.15. The predicted molar refractivity (Wildman–Crippen MR) is 111 cm³/mol. The number of nitrogens with one attached hydrogen (secondary N) is 2. The highest BCUT2D eigenvalue weighted by atomic mass is 32.2. The van der Waals surface area contributed by atoms with Crippen molar-refractivity contribution in [1.29, 1.82) is 0 Å². The Kier molecular flexibility index (Phi) is 6.71. The zero-order valence-corrected chi connectivity index (χ0v) is 17.0. The minimum Gasteiger partial charge on any atom is -0.497 e. The molecule has 1 aromatic heterocycles. The maximum absolute atomic E-state index is 12.4. The number of nitrogens with zero attached hydrogens (tertiary/aromatic N) is 2. The molecule has 0 saturated heterocycles. The zero-order chi connectivity index (χ0) is 19.9. The van der Waals surface area contributed by atoms with Crippen molar-refractivity contribution in [3.63, 3.8) is 0 Å². The van der Waals surface area contributed by atoms with Gasteiger partial charge in [-0.05, 0) is 43.2 Å². The van der Waals surface area contributed by atoms with Crippen LogP contribution in [0.5, 0.6) is 5.75 Å². The van der Waals surface area contributed by atoms with Gasteiger partial charge in [0.1, 0.15) is 5.75 Å². The Morgan fingerprint density at radius 1 is 1.18 bits per heavy atom. The summed E-state index contributed by atoms with van der Waals surface area (Å²) in [6.07, 6.45) is 0.835. The molecule has 0 unspecified atom stereocenters. The molecular formula is C21H24N4O2S. The number of thioether (sulfide) groups is 1. The molecule has 0 aliphatic heterocycles. The van der Waals surface area contributed by atoms with Crippen molar-refractivity contribution in [2.45, 2.75) is 31.5 Å². The lowest BCUT2D eigenvalue weighted by atomic mass is 10.0. The van der Waals surface area contributed by atoms with E-state index >= 15 is 0 Å². The molecule has 146 valence electrons. The number of ether oxygens (including phenoxy) is 1. The van der Waals surface area contributed by atoms with E-state index in [0.29, 0.717) is 11.0 Å². The number of hydrogen-bond donors (Lipinski definition) is 2. The average Bonchev–Trinajstić information content (AvgIpc) is 3.20. The van der Waals surface area contributed by atoms with Gasteiger partial charge >= 0.3 is 0 Å². The van der Waals surface area contributed by atoms with Gasteiger partial charge < -0.3 is 10.1 Å². The van der Waals surface area contributed by atoms with E-state index in [4.69, 9.17) is 4.74 Å². The molecule has 2 aromatic carbocycles. The second-order valence-electron chi connectivity index (χ2n) is 6.42. The number of aryl methyl sites for hydroxylation is 1.